The molecule has 2 aliphatic rings. The highest BCUT2D eigenvalue weighted by molar-refractivity contribution is 7.99. The molecule has 0 radical (unpaired) electrons. The van der Waals surface area contributed by atoms with Gasteiger partial charge < -0.3 is 4.57 Å². The standard InChI is InChI=1S/C27H28N2OS/c1-2-18-31-26-28-25(30)23-24(29(26)17-14-20-10-4-3-5-11-20)22-13-7-6-12-21(22)19-27(23)15-8-9-16-27/h2-7,10-13H,1,8-9,14-19H2. The number of rotatable bonds is 6. The van der Waals surface area contributed by atoms with Gasteiger partial charge in [-0.1, -0.05) is 85.3 Å². The zero-order chi connectivity index (χ0) is 21.3. The van der Waals surface area contributed by atoms with Crippen molar-refractivity contribution in [1.29, 1.82) is 0 Å². The summed E-state index contributed by atoms with van der Waals surface area (Å²) in [6.45, 7) is 4.68. The number of benzene rings is 2. The number of aromatic nitrogens is 2. The summed E-state index contributed by atoms with van der Waals surface area (Å²) < 4.78 is 2.33. The Kier molecular flexibility index (Phi) is 5.58. The highest BCUT2D eigenvalue weighted by Crippen LogP contribution is 2.50. The fraction of sp³-hybridized carbons (Fsp3) is 0.333. The molecule has 1 fully saturated rings. The maximum absolute atomic E-state index is 13.5. The molecule has 0 N–H and O–H groups in total. The van der Waals surface area contributed by atoms with E-state index in [2.05, 4.69) is 70.7 Å². The Morgan fingerprint density at radius 1 is 1.06 bits per heavy atom. The number of hydrogen-bond acceptors (Lipinski definition) is 3. The third-order valence-electron chi connectivity index (χ3n) is 6.84. The van der Waals surface area contributed by atoms with Gasteiger partial charge in [0.15, 0.2) is 5.16 Å². The van der Waals surface area contributed by atoms with Crippen LogP contribution < -0.4 is 5.56 Å². The minimum atomic E-state index is -0.0517. The lowest BCUT2D eigenvalue weighted by molar-refractivity contribution is 0.417. The lowest BCUT2D eigenvalue weighted by Crippen LogP contribution is -2.39. The van der Waals surface area contributed by atoms with E-state index in [-0.39, 0.29) is 11.0 Å². The van der Waals surface area contributed by atoms with Gasteiger partial charge in [0.05, 0.1) is 11.3 Å². The lowest BCUT2D eigenvalue weighted by Gasteiger charge is -2.37. The maximum atomic E-state index is 13.5. The Morgan fingerprint density at radius 2 is 1.81 bits per heavy atom. The monoisotopic (exact) mass is 428 g/mol. The van der Waals surface area contributed by atoms with Crippen LogP contribution in [0.3, 0.4) is 0 Å². The second-order valence-corrected chi connectivity index (χ2v) is 9.72. The molecule has 0 bridgehead atoms. The van der Waals surface area contributed by atoms with E-state index in [1.807, 2.05) is 6.08 Å². The molecule has 2 aliphatic carbocycles. The zero-order valence-corrected chi connectivity index (χ0v) is 18.7. The molecule has 1 spiro atoms. The summed E-state index contributed by atoms with van der Waals surface area (Å²) in [5.74, 6) is 0.739. The Hall–Kier alpha value is -2.59. The van der Waals surface area contributed by atoms with Crippen molar-refractivity contribution in [3.8, 4) is 11.3 Å². The van der Waals surface area contributed by atoms with Gasteiger partial charge in [0, 0.05) is 23.3 Å². The average molecular weight is 429 g/mol. The van der Waals surface area contributed by atoms with Gasteiger partial charge in [0.25, 0.3) is 5.56 Å². The third kappa shape index (κ3) is 3.67. The minimum Gasteiger partial charge on any atom is -0.319 e. The van der Waals surface area contributed by atoms with E-state index < -0.39 is 0 Å². The molecule has 4 heteroatoms. The molecule has 3 aromatic rings. The first-order valence-corrected chi connectivity index (χ1v) is 12.2. The van der Waals surface area contributed by atoms with Gasteiger partial charge in [-0.15, -0.1) is 6.58 Å². The Balaban J connectivity index is 1.72. The highest BCUT2D eigenvalue weighted by Gasteiger charge is 2.44. The van der Waals surface area contributed by atoms with Crippen LogP contribution in [0.2, 0.25) is 0 Å². The number of hydrogen-bond donors (Lipinski definition) is 0. The maximum Gasteiger partial charge on any atom is 0.278 e. The Morgan fingerprint density at radius 3 is 2.58 bits per heavy atom. The van der Waals surface area contributed by atoms with E-state index in [0.717, 1.165) is 54.4 Å². The van der Waals surface area contributed by atoms with E-state index in [0.29, 0.717) is 0 Å². The van der Waals surface area contributed by atoms with Crippen molar-refractivity contribution in [2.75, 3.05) is 5.75 Å². The van der Waals surface area contributed by atoms with Crippen molar-refractivity contribution >= 4 is 11.8 Å². The van der Waals surface area contributed by atoms with Crippen LogP contribution in [0, 0.1) is 0 Å². The summed E-state index contributed by atoms with van der Waals surface area (Å²) >= 11 is 1.61. The van der Waals surface area contributed by atoms with Crippen LogP contribution in [0.1, 0.15) is 42.4 Å². The number of nitrogens with zero attached hydrogens (tertiary/aromatic N) is 2. The third-order valence-corrected chi connectivity index (χ3v) is 7.81. The van der Waals surface area contributed by atoms with E-state index in [1.54, 1.807) is 11.8 Å². The topological polar surface area (TPSA) is 34.9 Å². The number of thioether (sulfide) groups is 1. The minimum absolute atomic E-state index is 0.0195. The first-order valence-electron chi connectivity index (χ1n) is 11.2. The molecular formula is C27H28N2OS. The van der Waals surface area contributed by atoms with Crippen molar-refractivity contribution < 1.29 is 0 Å². The molecule has 3 nitrogen and oxygen atoms in total. The largest absolute Gasteiger partial charge is 0.319 e. The molecule has 1 heterocycles. The summed E-state index contributed by atoms with van der Waals surface area (Å²) in [6.07, 6.45) is 8.31. The summed E-state index contributed by atoms with van der Waals surface area (Å²) in [4.78, 5) is 18.1. The zero-order valence-electron chi connectivity index (χ0n) is 17.8. The highest BCUT2D eigenvalue weighted by atomic mass is 32.2. The van der Waals surface area contributed by atoms with Crippen molar-refractivity contribution in [3.05, 3.63) is 94.3 Å². The molecule has 31 heavy (non-hydrogen) atoms. The summed E-state index contributed by atoms with van der Waals surface area (Å²) in [5, 5.41) is 0.810. The van der Waals surface area contributed by atoms with Crippen LogP contribution in [0.5, 0.6) is 0 Å². The van der Waals surface area contributed by atoms with E-state index in [1.165, 1.54) is 29.5 Å². The van der Waals surface area contributed by atoms with Crippen LogP contribution in [0.25, 0.3) is 11.3 Å². The lowest BCUT2D eigenvalue weighted by atomic mass is 9.68. The van der Waals surface area contributed by atoms with Crippen molar-refractivity contribution in [1.82, 2.24) is 9.55 Å². The smallest absolute Gasteiger partial charge is 0.278 e. The van der Waals surface area contributed by atoms with Crippen LogP contribution in [0.4, 0.5) is 0 Å². The molecule has 1 aromatic heterocycles. The van der Waals surface area contributed by atoms with Crippen molar-refractivity contribution in [2.24, 2.45) is 0 Å². The molecule has 0 amide bonds. The first-order chi connectivity index (χ1) is 15.2. The van der Waals surface area contributed by atoms with E-state index in [9.17, 15) is 4.79 Å². The molecule has 158 valence electrons. The van der Waals surface area contributed by atoms with Gasteiger partial charge in [-0.2, -0.15) is 4.98 Å². The van der Waals surface area contributed by atoms with E-state index in [4.69, 9.17) is 0 Å². The quantitative estimate of drug-likeness (QED) is 0.283. The molecular weight excluding hydrogens is 400 g/mol. The molecule has 5 rings (SSSR count). The second-order valence-electron chi connectivity index (χ2n) is 8.73. The second kappa shape index (κ2) is 8.51. The predicted octanol–water partition coefficient (Wildman–Crippen LogP) is 5.80. The molecule has 0 saturated heterocycles. The molecule has 0 unspecified atom stereocenters. The van der Waals surface area contributed by atoms with E-state index >= 15 is 0 Å². The van der Waals surface area contributed by atoms with Crippen molar-refractivity contribution in [2.45, 2.75) is 55.6 Å². The van der Waals surface area contributed by atoms with Crippen molar-refractivity contribution in [3.63, 3.8) is 0 Å². The van der Waals surface area contributed by atoms with Crippen LogP contribution >= 0.6 is 11.8 Å². The average Bonchev–Trinajstić information content (AvgIpc) is 3.25. The van der Waals surface area contributed by atoms with Gasteiger partial charge in [-0.25, -0.2) is 0 Å². The predicted molar refractivity (Wildman–Crippen MR) is 129 cm³/mol. The van der Waals surface area contributed by atoms with Gasteiger partial charge in [-0.05, 0) is 36.8 Å². The molecule has 0 atom stereocenters. The summed E-state index contributed by atoms with van der Waals surface area (Å²) in [7, 11) is 0. The Labute approximate surface area is 188 Å². The SMILES string of the molecule is C=CCSc1nc(=O)c2c(n1CCc1ccccc1)-c1ccccc1CC21CCCC1. The number of fused-ring (bicyclic) bond motifs is 4. The normalized spacial score (nSPS) is 16.1. The molecule has 0 aliphatic heterocycles. The summed E-state index contributed by atoms with van der Waals surface area (Å²) in [6, 6.07) is 19.2. The van der Waals surface area contributed by atoms with Crippen LogP contribution in [0.15, 0.2) is 77.2 Å². The fourth-order valence-electron chi connectivity index (χ4n) is 5.47. The molecule has 1 saturated carbocycles. The van der Waals surface area contributed by atoms with Gasteiger partial charge >= 0.3 is 0 Å². The fourth-order valence-corrected chi connectivity index (χ4v) is 6.22. The van der Waals surface area contributed by atoms with Gasteiger partial charge in [0.2, 0.25) is 0 Å². The Bertz CT molecular complexity index is 1160. The van der Waals surface area contributed by atoms with Crippen LogP contribution in [-0.4, -0.2) is 15.3 Å². The molecule has 2 aromatic carbocycles. The first kappa shape index (κ1) is 20.3. The van der Waals surface area contributed by atoms with Gasteiger partial charge in [-0.3, -0.25) is 4.79 Å². The van der Waals surface area contributed by atoms with Gasteiger partial charge in [0.1, 0.15) is 0 Å². The number of aryl methyl sites for hydroxylation is 1. The van der Waals surface area contributed by atoms with Crippen LogP contribution in [-0.2, 0) is 24.8 Å². The summed E-state index contributed by atoms with van der Waals surface area (Å²) in [5.41, 5.74) is 5.90.